The van der Waals surface area contributed by atoms with E-state index < -0.39 is 23.6 Å². The molecule has 0 saturated heterocycles. The summed E-state index contributed by atoms with van der Waals surface area (Å²) in [7, 11) is 1.24. The van der Waals surface area contributed by atoms with Crippen LogP contribution in [0, 0.1) is 11.6 Å². The maximum absolute atomic E-state index is 13.5. The quantitative estimate of drug-likeness (QED) is 0.692. The van der Waals surface area contributed by atoms with Crippen LogP contribution in [0.15, 0.2) is 12.1 Å². The number of benzene rings is 1. The molecule has 1 unspecified atom stereocenters. The summed E-state index contributed by atoms with van der Waals surface area (Å²) in [5, 5.41) is 11.2. The lowest BCUT2D eigenvalue weighted by Crippen LogP contribution is -2.40. The van der Waals surface area contributed by atoms with Crippen LogP contribution in [0.5, 0.6) is 5.75 Å². The maximum Gasteiger partial charge on any atom is 0.321 e. The predicted octanol–water partition coefficient (Wildman–Crippen LogP) is 0.475. The largest absolute Gasteiger partial charge is 0.494 e. The molecule has 0 saturated carbocycles. The molecule has 0 aromatic heterocycles. The van der Waals surface area contributed by atoms with Crippen molar-refractivity contribution in [2.24, 2.45) is 5.73 Å². The molecule has 1 rings (SSSR count). The lowest BCUT2D eigenvalue weighted by atomic mass is 10.2. The lowest BCUT2D eigenvalue weighted by Gasteiger charge is -2.10. The Bertz CT molecular complexity index is 441. The van der Waals surface area contributed by atoms with Crippen molar-refractivity contribution >= 4 is 5.97 Å². The molecule has 1 atom stereocenters. The van der Waals surface area contributed by atoms with Gasteiger partial charge in [0.05, 0.1) is 7.11 Å². The molecule has 0 spiro atoms. The summed E-state index contributed by atoms with van der Waals surface area (Å²) in [4.78, 5) is 10.4. The van der Waals surface area contributed by atoms with Crippen LogP contribution in [0.4, 0.5) is 8.78 Å². The molecule has 4 N–H and O–H groups in total. The second-order valence-corrected chi connectivity index (χ2v) is 3.65. The topological polar surface area (TPSA) is 84.6 Å². The van der Waals surface area contributed by atoms with Gasteiger partial charge < -0.3 is 20.9 Å². The van der Waals surface area contributed by atoms with E-state index in [0.717, 1.165) is 12.1 Å². The average Bonchev–Trinajstić information content (AvgIpc) is 2.32. The highest BCUT2D eigenvalue weighted by Crippen LogP contribution is 2.20. The molecule has 0 aliphatic carbocycles. The average molecular weight is 260 g/mol. The van der Waals surface area contributed by atoms with Crippen molar-refractivity contribution in [3.63, 3.8) is 0 Å². The van der Waals surface area contributed by atoms with Gasteiger partial charge in [0.15, 0.2) is 11.6 Å². The molecular weight excluding hydrogens is 246 g/mol. The summed E-state index contributed by atoms with van der Waals surface area (Å²) in [6.07, 6.45) is 0. The van der Waals surface area contributed by atoms with Gasteiger partial charge in [-0.25, -0.2) is 8.78 Å². The number of methoxy groups -OCH3 is 1. The normalized spacial score (nSPS) is 12.2. The summed E-state index contributed by atoms with van der Waals surface area (Å²) < 4.78 is 31.4. The Labute approximate surface area is 103 Å². The SMILES string of the molecule is COc1cc(F)c(CNCC(N)C(=O)O)cc1F. The number of rotatable bonds is 6. The molecule has 1 aromatic carbocycles. The van der Waals surface area contributed by atoms with Gasteiger partial charge in [0.25, 0.3) is 0 Å². The Morgan fingerprint density at radius 2 is 2.17 bits per heavy atom. The molecule has 0 bridgehead atoms. The highest BCUT2D eigenvalue weighted by atomic mass is 19.1. The van der Waals surface area contributed by atoms with Crippen molar-refractivity contribution in [2.75, 3.05) is 13.7 Å². The number of nitrogens with one attached hydrogen (secondary N) is 1. The van der Waals surface area contributed by atoms with E-state index in [1.54, 1.807) is 0 Å². The van der Waals surface area contributed by atoms with E-state index in [9.17, 15) is 13.6 Å². The molecule has 18 heavy (non-hydrogen) atoms. The van der Waals surface area contributed by atoms with Crippen LogP contribution in [0.3, 0.4) is 0 Å². The van der Waals surface area contributed by atoms with Gasteiger partial charge in [0.1, 0.15) is 11.9 Å². The minimum atomic E-state index is -1.16. The maximum atomic E-state index is 13.5. The zero-order chi connectivity index (χ0) is 13.7. The Kier molecular flexibility index (Phi) is 4.99. The van der Waals surface area contributed by atoms with E-state index in [1.165, 1.54) is 7.11 Å². The van der Waals surface area contributed by atoms with Crippen LogP contribution >= 0.6 is 0 Å². The van der Waals surface area contributed by atoms with Crippen LogP contribution in [0.1, 0.15) is 5.56 Å². The monoisotopic (exact) mass is 260 g/mol. The predicted molar refractivity (Wildman–Crippen MR) is 60.2 cm³/mol. The van der Waals surface area contributed by atoms with Gasteiger partial charge in [0.2, 0.25) is 0 Å². The Balaban J connectivity index is 2.63. The lowest BCUT2D eigenvalue weighted by molar-refractivity contribution is -0.138. The van der Waals surface area contributed by atoms with Crippen LogP contribution in [-0.4, -0.2) is 30.8 Å². The molecule has 100 valence electrons. The van der Waals surface area contributed by atoms with Crippen LogP contribution in [-0.2, 0) is 11.3 Å². The second kappa shape index (κ2) is 6.27. The number of carbonyl (C=O) groups is 1. The number of carboxylic acids is 1. The third-order valence-electron chi connectivity index (χ3n) is 2.32. The van der Waals surface area contributed by atoms with Crippen molar-refractivity contribution in [1.29, 1.82) is 0 Å². The van der Waals surface area contributed by atoms with E-state index in [4.69, 9.17) is 10.8 Å². The van der Waals surface area contributed by atoms with Gasteiger partial charge in [-0.05, 0) is 6.07 Å². The first-order chi connectivity index (χ1) is 8.45. The van der Waals surface area contributed by atoms with Gasteiger partial charge in [-0.15, -0.1) is 0 Å². The number of ether oxygens (including phenoxy) is 1. The molecule has 5 nitrogen and oxygen atoms in total. The van der Waals surface area contributed by atoms with Gasteiger partial charge in [0, 0.05) is 24.7 Å². The zero-order valence-corrected chi connectivity index (χ0v) is 9.74. The van der Waals surface area contributed by atoms with Crippen molar-refractivity contribution in [2.45, 2.75) is 12.6 Å². The smallest absolute Gasteiger partial charge is 0.321 e. The van der Waals surface area contributed by atoms with E-state index >= 15 is 0 Å². The minimum Gasteiger partial charge on any atom is -0.494 e. The fourth-order valence-electron chi connectivity index (χ4n) is 1.31. The Hall–Kier alpha value is -1.73. The molecule has 0 aliphatic heterocycles. The zero-order valence-electron chi connectivity index (χ0n) is 9.74. The summed E-state index contributed by atoms with van der Waals surface area (Å²) in [6, 6.07) is 0.841. The molecule has 1 aromatic rings. The third kappa shape index (κ3) is 3.64. The molecule has 0 amide bonds. The molecule has 0 aliphatic rings. The van der Waals surface area contributed by atoms with Crippen molar-refractivity contribution < 1.29 is 23.4 Å². The van der Waals surface area contributed by atoms with E-state index in [2.05, 4.69) is 10.1 Å². The van der Waals surface area contributed by atoms with Gasteiger partial charge >= 0.3 is 5.97 Å². The van der Waals surface area contributed by atoms with Crippen molar-refractivity contribution in [3.05, 3.63) is 29.3 Å². The van der Waals surface area contributed by atoms with Crippen LogP contribution in [0.2, 0.25) is 0 Å². The third-order valence-corrected chi connectivity index (χ3v) is 2.32. The summed E-state index contributed by atoms with van der Waals surface area (Å²) >= 11 is 0. The van der Waals surface area contributed by atoms with Crippen LogP contribution in [0.25, 0.3) is 0 Å². The number of aliphatic carboxylic acids is 1. The standard InChI is InChI=1S/C11H14F2N2O3/c1-18-10-3-7(12)6(2-8(10)13)4-15-5-9(14)11(16)17/h2-3,9,15H,4-5,14H2,1H3,(H,16,17). The molecule has 7 heteroatoms. The first kappa shape index (κ1) is 14.3. The van der Waals surface area contributed by atoms with Gasteiger partial charge in [-0.2, -0.15) is 0 Å². The Morgan fingerprint density at radius 3 is 2.72 bits per heavy atom. The summed E-state index contributed by atoms with van der Waals surface area (Å²) in [5.41, 5.74) is 5.32. The Morgan fingerprint density at radius 1 is 1.50 bits per heavy atom. The van der Waals surface area contributed by atoms with Crippen molar-refractivity contribution in [1.82, 2.24) is 5.32 Å². The van der Waals surface area contributed by atoms with Gasteiger partial charge in [-0.1, -0.05) is 0 Å². The number of hydrogen-bond acceptors (Lipinski definition) is 4. The highest BCUT2D eigenvalue weighted by molar-refractivity contribution is 5.73. The summed E-state index contributed by atoms with van der Waals surface area (Å²) in [5.74, 6) is -2.66. The molecule has 0 heterocycles. The molecule has 0 radical (unpaired) electrons. The van der Waals surface area contributed by atoms with E-state index in [1.807, 2.05) is 0 Å². The van der Waals surface area contributed by atoms with Gasteiger partial charge in [-0.3, -0.25) is 4.79 Å². The number of carboxylic acid groups (broad SMARTS) is 1. The number of halogens is 2. The molecular formula is C11H14F2N2O3. The minimum absolute atomic E-state index is 0.0201. The fraction of sp³-hybridized carbons (Fsp3) is 0.364. The first-order valence-electron chi connectivity index (χ1n) is 5.16. The molecule has 0 fully saturated rings. The number of nitrogens with two attached hydrogens (primary N) is 1. The highest BCUT2D eigenvalue weighted by Gasteiger charge is 2.13. The van der Waals surface area contributed by atoms with Crippen LogP contribution < -0.4 is 15.8 Å². The van der Waals surface area contributed by atoms with E-state index in [0.29, 0.717) is 0 Å². The first-order valence-corrected chi connectivity index (χ1v) is 5.16. The summed E-state index contributed by atoms with van der Waals surface area (Å²) in [6.45, 7) is -0.0594. The fourth-order valence-corrected chi connectivity index (χ4v) is 1.31. The van der Waals surface area contributed by atoms with Crippen molar-refractivity contribution in [3.8, 4) is 5.75 Å². The number of hydrogen-bond donors (Lipinski definition) is 3. The van der Waals surface area contributed by atoms with E-state index in [-0.39, 0.29) is 24.4 Å². The second-order valence-electron chi connectivity index (χ2n) is 3.65.